The molecule has 20 heavy (non-hydrogen) atoms. The summed E-state index contributed by atoms with van der Waals surface area (Å²) in [4.78, 5) is 12.6. The van der Waals surface area contributed by atoms with Crippen molar-refractivity contribution in [3.05, 3.63) is 11.4 Å². The lowest BCUT2D eigenvalue weighted by Crippen LogP contribution is -2.34. The monoisotopic (exact) mass is 292 g/mol. The standard InChI is InChI=1S/C15H24N4S/c1-6-8-16-15-17-13(19(5)11(4)10(2)3)12-7-9-20-14(12)18-15/h7,9-11H,6,8H2,1-5H3,(H,16,17,18). The topological polar surface area (TPSA) is 41.1 Å². The summed E-state index contributed by atoms with van der Waals surface area (Å²) < 4.78 is 0. The summed E-state index contributed by atoms with van der Waals surface area (Å²) in [5, 5.41) is 6.53. The van der Waals surface area contributed by atoms with Crippen molar-refractivity contribution in [2.45, 2.75) is 40.2 Å². The molecule has 1 N–H and O–H groups in total. The van der Waals surface area contributed by atoms with Gasteiger partial charge < -0.3 is 10.2 Å². The van der Waals surface area contributed by atoms with E-state index >= 15 is 0 Å². The van der Waals surface area contributed by atoms with E-state index in [1.807, 2.05) is 0 Å². The van der Waals surface area contributed by atoms with E-state index in [-0.39, 0.29) is 0 Å². The van der Waals surface area contributed by atoms with Crippen molar-refractivity contribution >= 4 is 33.3 Å². The number of nitrogens with zero attached hydrogens (tertiary/aromatic N) is 3. The van der Waals surface area contributed by atoms with Crippen molar-refractivity contribution in [1.82, 2.24) is 9.97 Å². The van der Waals surface area contributed by atoms with Crippen molar-refractivity contribution in [1.29, 1.82) is 0 Å². The molecule has 0 radical (unpaired) electrons. The maximum absolute atomic E-state index is 4.72. The number of hydrogen-bond donors (Lipinski definition) is 1. The zero-order chi connectivity index (χ0) is 14.7. The Morgan fingerprint density at radius 3 is 2.70 bits per heavy atom. The van der Waals surface area contributed by atoms with E-state index in [9.17, 15) is 0 Å². The minimum atomic E-state index is 0.437. The smallest absolute Gasteiger partial charge is 0.226 e. The fourth-order valence-corrected chi connectivity index (χ4v) is 2.82. The third kappa shape index (κ3) is 3.03. The molecule has 2 rings (SSSR count). The van der Waals surface area contributed by atoms with Crippen LogP contribution in [0.2, 0.25) is 0 Å². The van der Waals surface area contributed by atoms with Gasteiger partial charge in [-0.3, -0.25) is 0 Å². The van der Waals surface area contributed by atoms with Gasteiger partial charge in [0.1, 0.15) is 10.6 Å². The van der Waals surface area contributed by atoms with Crippen LogP contribution in [0, 0.1) is 5.92 Å². The third-order valence-corrected chi connectivity index (χ3v) is 4.55. The van der Waals surface area contributed by atoms with Gasteiger partial charge in [0.15, 0.2) is 0 Å². The number of hydrogen-bond acceptors (Lipinski definition) is 5. The first-order valence-electron chi connectivity index (χ1n) is 7.26. The minimum Gasteiger partial charge on any atom is -0.356 e. The number of thiophene rings is 1. The third-order valence-electron chi connectivity index (χ3n) is 3.75. The largest absolute Gasteiger partial charge is 0.356 e. The second kappa shape index (κ2) is 6.39. The van der Waals surface area contributed by atoms with Gasteiger partial charge in [0.25, 0.3) is 0 Å². The number of rotatable bonds is 6. The number of fused-ring (bicyclic) bond motifs is 1. The molecule has 0 saturated carbocycles. The van der Waals surface area contributed by atoms with Gasteiger partial charge in [-0.2, -0.15) is 4.98 Å². The molecule has 0 bridgehead atoms. The second-order valence-corrected chi connectivity index (χ2v) is 6.43. The van der Waals surface area contributed by atoms with Crippen LogP contribution in [0.15, 0.2) is 11.4 Å². The highest BCUT2D eigenvalue weighted by molar-refractivity contribution is 7.16. The molecular formula is C15H24N4S. The Balaban J connectivity index is 2.41. The first-order chi connectivity index (χ1) is 9.54. The molecule has 110 valence electrons. The van der Waals surface area contributed by atoms with E-state index in [0.29, 0.717) is 12.0 Å². The Hall–Kier alpha value is -1.36. The lowest BCUT2D eigenvalue weighted by molar-refractivity contribution is 0.503. The summed E-state index contributed by atoms with van der Waals surface area (Å²) in [6.45, 7) is 9.77. The van der Waals surface area contributed by atoms with Gasteiger partial charge in [-0.15, -0.1) is 11.3 Å². The lowest BCUT2D eigenvalue weighted by atomic mass is 10.1. The Bertz CT molecular complexity index is 564. The molecule has 0 aliphatic heterocycles. The lowest BCUT2D eigenvalue weighted by Gasteiger charge is -2.29. The van der Waals surface area contributed by atoms with Gasteiger partial charge in [0.05, 0.1) is 5.39 Å². The summed E-state index contributed by atoms with van der Waals surface area (Å²) in [6.07, 6.45) is 1.07. The summed E-state index contributed by atoms with van der Waals surface area (Å²) in [6, 6.07) is 2.55. The molecule has 0 amide bonds. The van der Waals surface area contributed by atoms with Crippen molar-refractivity contribution in [2.75, 3.05) is 23.8 Å². The van der Waals surface area contributed by atoms with E-state index in [4.69, 9.17) is 4.98 Å². The van der Waals surface area contributed by atoms with Crippen molar-refractivity contribution < 1.29 is 0 Å². The first-order valence-corrected chi connectivity index (χ1v) is 8.14. The molecule has 0 aromatic carbocycles. The summed E-state index contributed by atoms with van der Waals surface area (Å²) in [7, 11) is 2.12. The Morgan fingerprint density at radius 2 is 2.05 bits per heavy atom. The molecule has 0 saturated heterocycles. The number of aromatic nitrogens is 2. The number of anilines is 2. The highest BCUT2D eigenvalue weighted by Gasteiger charge is 2.19. The Labute approximate surface area is 125 Å². The minimum absolute atomic E-state index is 0.437. The van der Waals surface area contributed by atoms with Crippen molar-refractivity contribution in [2.24, 2.45) is 5.92 Å². The van der Waals surface area contributed by atoms with Gasteiger partial charge in [-0.25, -0.2) is 4.98 Å². The molecule has 0 aliphatic carbocycles. The summed E-state index contributed by atoms with van der Waals surface area (Å²) >= 11 is 1.67. The molecule has 2 heterocycles. The molecule has 4 nitrogen and oxygen atoms in total. The average Bonchev–Trinajstić information content (AvgIpc) is 2.90. The first kappa shape index (κ1) is 15.0. The van der Waals surface area contributed by atoms with E-state index < -0.39 is 0 Å². The predicted molar refractivity (Wildman–Crippen MR) is 88.9 cm³/mol. The van der Waals surface area contributed by atoms with Gasteiger partial charge in [0.2, 0.25) is 5.95 Å². The fourth-order valence-electron chi connectivity index (χ4n) is 2.06. The van der Waals surface area contributed by atoms with E-state index in [0.717, 1.165) is 34.9 Å². The molecule has 0 fully saturated rings. The normalized spacial score (nSPS) is 12.9. The SMILES string of the molecule is CCCNc1nc(N(C)C(C)C(C)C)c2ccsc2n1. The molecule has 0 aliphatic rings. The van der Waals surface area contributed by atoms with E-state index in [1.165, 1.54) is 0 Å². The fraction of sp³-hybridized carbons (Fsp3) is 0.600. The number of nitrogens with one attached hydrogen (secondary N) is 1. The molecule has 0 spiro atoms. The maximum Gasteiger partial charge on any atom is 0.226 e. The van der Waals surface area contributed by atoms with Crippen LogP contribution in [0.4, 0.5) is 11.8 Å². The van der Waals surface area contributed by atoms with E-state index in [1.54, 1.807) is 11.3 Å². The molecule has 1 atom stereocenters. The zero-order valence-corrected chi connectivity index (χ0v) is 13.8. The van der Waals surface area contributed by atoms with Crippen LogP contribution < -0.4 is 10.2 Å². The van der Waals surface area contributed by atoms with Crippen LogP contribution in [0.25, 0.3) is 10.2 Å². The van der Waals surface area contributed by atoms with Gasteiger partial charge in [-0.1, -0.05) is 20.8 Å². The zero-order valence-electron chi connectivity index (χ0n) is 13.0. The molecule has 5 heteroatoms. The molecule has 2 aromatic heterocycles. The van der Waals surface area contributed by atoms with Crippen LogP contribution in [0.5, 0.6) is 0 Å². The average molecular weight is 292 g/mol. The highest BCUT2D eigenvalue weighted by atomic mass is 32.1. The van der Waals surface area contributed by atoms with Crippen LogP contribution in [-0.4, -0.2) is 29.6 Å². The Kier molecular flexibility index (Phi) is 4.81. The van der Waals surface area contributed by atoms with Crippen LogP contribution in [-0.2, 0) is 0 Å². The second-order valence-electron chi connectivity index (χ2n) is 5.53. The van der Waals surface area contributed by atoms with Gasteiger partial charge >= 0.3 is 0 Å². The molecule has 2 aromatic rings. The van der Waals surface area contributed by atoms with E-state index in [2.05, 4.69) is 61.4 Å². The van der Waals surface area contributed by atoms with Crippen LogP contribution in [0.1, 0.15) is 34.1 Å². The summed E-state index contributed by atoms with van der Waals surface area (Å²) in [5.74, 6) is 2.34. The predicted octanol–water partition coefficient (Wildman–Crippen LogP) is 3.99. The van der Waals surface area contributed by atoms with Gasteiger partial charge in [0, 0.05) is 19.6 Å². The van der Waals surface area contributed by atoms with Crippen molar-refractivity contribution in [3.8, 4) is 0 Å². The Morgan fingerprint density at radius 1 is 1.30 bits per heavy atom. The van der Waals surface area contributed by atoms with Gasteiger partial charge in [-0.05, 0) is 30.7 Å². The van der Waals surface area contributed by atoms with Crippen molar-refractivity contribution in [3.63, 3.8) is 0 Å². The molecule has 1 unspecified atom stereocenters. The molecular weight excluding hydrogens is 268 g/mol. The van der Waals surface area contributed by atoms with Crippen LogP contribution >= 0.6 is 11.3 Å². The maximum atomic E-state index is 4.72. The quantitative estimate of drug-likeness (QED) is 0.874. The van der Waals surface area contributed by atoms with Crippen LogP contribution in [0.3, 0.4) is 0 Å². The highest BCUT2D eigenvalue weighted by Crippen LogP contribution is 2.30. The summed E-state index contributed by atoms with van der Waals surface area (Å²) in [5.41, 5.74) is 0.